The lowest BCUT2D eigenvalue weighted by Crippen LogP contribution is -2.40. The summed E-state index contributed by atoms with van der Waals surface area (Å²) in [6.45, 7) is 0.696. The molecule has 28 heavy (non-hydrogen) atoms. The molecule has 0 aromatic heterocycles. The Morgan fingerprint density at radius 3 is 2.54 bits per heavy atom. The third-order valence-electron chi connectivity index (χ3n) is 5.01. The number of amides is 2. The molecule has 1 heterocycles. The third-order valence-corrected chi connectivity index (χ3v) is 5.01. The molecule has 1 unspecified atom stereocenters. The van der Waals surface area contributed by atoms with Gasteiger partial charge in [-0.25, -0.2) is 0 Å². The van der Waals surface area contributed by atoms with Crippen LogP contribution in [0.15, 0.2) is 48.5 Å². The molecule has 6 nitrogen and oxygen atoms in total. The van der Waals surface area contributed by atoms with Crippen molar-refractivity contribution in [2.75, 3.05) is 27.3 Å². The number of carbonyl (C=O) groups is 2. The number of carbonyl (C=O) groups excluding carboxylic acids is 2. The molecule has 1 aliphatic rings. The zero-order valence-corrected chi connectivity index (χ0v) is 16.3. The van der Waals surface area contributed by atoms with E-state index in [0.717, 1.165) is 24.0 Å². The molecular formula is C22H26N2O4. The number of hydrogen-bond donors (Lipinski definition) is 1. The molecule has 6 heteroatoms. The average Bonchev–Trinajstić information content (AvgIpc) is 3.22. The first kappa shape index (κ1) is 19.7. The van der Waals surface area contributed by atoms with E-state index < -0.39 is 0 Å². The second kappa shape index (κ2) is 9.26. The summed E-state index contributed by atoms with van der Waals surface area (Å²) in [5, 5.41) is 2.75. The molecular weight excluding hydrogens is 356 g/mol. The van der Waals surface area contributed by atoms with E-state index >= 15 is 0 Å². The molecule has 148 valence electrons. The number of benzene rings is 2. The highest BCUT2D eigenvalue weighted by Crippen LogP contribution is 2.36. The summed E-state index contributed by atoms with van der Waals surface area (Å²) >= 11 is 0. The molecule has 0 bridgehead atoms. The molecule has 0 radical (unpaired) electrons. The summed E-state index contributed by atoms with van der Waals surface area (Å²) in [7, 11) is 3.20. The quantitative estimate of drug-likeness (QED) is 0.800. The van der Waals surface area contributed by atoms with Crippen LogP contribution in [0, 0.1) is 0 Å². The molecule has 1 N–H and O–H groups in total. The van der Waals surface area contributed by atoms with Crippen molar-refractivity contribution in [3.8, 4) is 11.5 Å². The van der Waals surface area contributed by atoms with Gasteiger partial charge in [-0.05, 0) is 36.1 Å². The summed E-state index contributed by atoms with van der Waals surface area (Å²) in [5.74, 6) is 1.09. The smallest absolute Gasteiger partial charge is 0.242 e. The van der Waals surface area contributed by atoms with Gasteiger partial charge < -0.3 is 19.7 Å². The second-order valence-electron chi connectivity index (χ2n) is 6.80. The third kappa shape index (κ3) is 4.63. The van der Waals surface area contributed by atoms with E-state index in [-0.39, 0.29) is 30.8 Å². The molecule has 1 saturated heterocycles. The number of ether oxygens (including phenoxy) is 2. The Hall–Kier alpha value is -3.02. The van der Waals surface area contributed by atoms with Crippen molar-refractivity contribution in [1.82, 2.24) is 10.2 Å². The number of nitrogens with zero attached hydrogens (tertiary/aromatic N) is 1. The van der Waals surface area contributed by atoms with Gasteiger partial charge in [0.25, 0.3) is 0 Å². The number of nitrogens with one attached hydrogen (secondary N) is 1. The van der Waals surface area contributed by atoms with Gasteiger partial charge in [0.2, 0.25) is 11.8 Å². The average molecular weight is 382 g/mol. The molecule has 2 aromatic rings. The lowest BCUT2D eigenvalue weighted by molar-refractivity contribution is -0.133. The van der Waals surface area contributed by atoms with Gasteiger partial charge in [-0.1, -0.05) is 36.4 Å². The van der Waals surface area contributed by atoms with Crippen molar-refractivity contribution in [2.24, 2.45) is 0 Å². The van der Waals surface area contributed by atoms with Gasteiger partial charge >= 0.3 is 0 Å². The van der Waals surface area contributed by atoms with Crippen LogP contribution >= 0.6 is 0 Å². The molecule has 1 fully saturated rings. The monoisotopic (exact) mass is 382 g/mol. The number of methoxy groups -OCH3 is 2. The van der Waals surface area contributed by atoms with Crippen LogP contribution in [0.3, 0.4) is 0 Å². The first-order valence-corrected chi connectivity index (χ1v) is 9.44. The van der Waals surface area contributed by atoms with Gasteiger partial charge in [0.1, 0.15) is 0 Å². The Morgan fingerprint density at radius 2 is 1.82 bits per heavy atom. The van der Waals surface area contributed by atoms with Crippen LogP contribution < -0.4 is 14.8 Å². The highest BCUT2D eigenvalue weighted by Gasteiger charge is 2.30. The predicted molar refractivity (Wildman–Crippen MR) is 106 cm³/mol. The van der Waals surface area contributed by atoms with Gasteiger partial charge in [0, 0.05) is 6.54 Å². The minimum atomic E-state index is -0.151. The standard InChI is InChI=1S/C22H26N2O4/c1-27-19-11-10-17(14-20(19)28-2)18-9-6-12-24(18)22(26)15-23-21(25)13-16-7-4-3-5-8-16/h3-5,7-8,10-11,14,18H,6,9,12-13,15H2,1-2H3,(H,23,25). The van der Waals surface area contributed by atoms with Gasteiger partial charge in [-0.3, -0.25) is 9.59 Å². The zero-order valence-electron chi connectivity index (χ0n) is 16.3. The Kier molecular flexibility index (Phi) is 6.53. The Labute approximate surface area is 165 Å². The fourth-order valence-electron chi connectivity index (χ4n) is 3.59. The topological polar surface area (TPSA) is 67.9 Å². The highest BCUT2D eigenvalue weighted by molar-refractivity contribution is 5.86. The van der Waals surface area contributed by atoms with Crippen molar-refractivity contribution in [1.29, 1.82) is 0 Å². The van der Waals surface area contributed by atoms with Crippen molar-refractivity contribution in [3.05, 3.63) is 59.7 Å². The van der Waals surface area contributed by atoms with Crippen LogP contribution in [0.4, 0.5) is 0 Å². The Morgan fingerprint density at radius 1 is 1.07 bits per heavy atom. The van der Waals surface area contributed by atoms with Crippen molar-refractivity contribution >= 4 is 11.8 Å². The van der Waals surface area contributed by atoms with Crippen molar-refractivity contribution < 1.29 is 19.1 Å². The largest absolute Gasteiger partial charge is 0.493 e. The van der Waals surface area contributed by atoms with Crippen LogP contribution in [0.1, 0.15) is 30.0 Å². The summed E-state index contributed by atoms with van der Waals surface area (Å²) in [6.07, 6.45) is 2.09. The number of likely N-dealkylation sites (tertiary alicyclic amines) is 1. The van der Waals surface area contributed by atoms with E-state index in [0.29, 0.717) is 18.0 Å². The minimum Gasteiger partial charge on any atom is -0.493 e. The zero-order chi connectivity index (χ0) is 19.9. The summed E-state index contributed by atoms with van der Waals surface area (Å²) in [6, 6.07) is 15.2. The first-order chi connectivity index (χ1) is 13.6. The maximum atomic E-state index is 12.7. The van der Waals surface area contributed by atoms with Gasteiger partial charge in [-0.2, -0.15) is 0 Å². The molecule has 2 aromatic carbocycles. The lowest BCUT2D eigenvalue weighted by Gasteiger charge is -2.26. The van der Waals surface area contributed by atoms with E-state index in [9.17, 15) is 9.59 Å². The van der Waals surface area contributed by atoms with Crippen LogP contribution in [-0.4, -0.2) is 44.0 Å². The fourth-order valence-corrected chi connectivity index (χ4v) is 3.59. The van der Waals surface area contributed by atoms with Crippen molar-refractivity contribution in [3.63, 3.8) is 0 Å². The summed E-state index contributed by atoms with van der Waals surface area (Å²) in [4.78, 5) is 26.7. The number of hydrogen-bond acceptors (Lipinski definition) is 4. The van der Waals surface area contributed by atoms with E-state index in [1.54, 1.807) is 14.2 Å². The SMILES string of the molecule is COc1ccc(C2CCCN2C(=O)CNC(=O)Cc2ccccc2)cc1OC. The highest BCUT2D eigenvalue weighted by atomic mass is 16.5. The van der Waals surface area contributed by atoms with Gasteiger partial charge in [0.15, 0.2) is 11.5 Å². The molecule has 1 atom stereocenters. The van der Waals surface area contributed by atoms with Gasteiger partial charge in [0.05, 0.1) is 33.2 Å². The van der Waals surface area contributed by atoms with E-state index in [1.807, 2.05) is 53.4 Å². The van der Waals surface area contributed by atoms with E-state index in [4.69, 9.17) is 9.47 Å². The number of rotatable bonds is 7. The Balaban J connectivity index is 1.61. The van der Waals surface area contributed by atoms with Crippen LogP contribution in [0.5, 0.6) is 11.5 Å². The van der Waals surface area contributed by atoms with E-state index in [1.165, 1.54) is 0 Å². The molecule has 0 spiro atoms. The fraction of sp³-hybridized carbons (Fsp3) is 0.364. The maximum absolute atomic E-state index is 12.7. The first-order valence-electron chi connectivity index (χ1n) is 9.44. The molecule has 3 rings (SSSR count). The normalized spacial score (nSPS) is 15.9. The second-order valence-corrected chi connectivity index (χ2v) is 6.80. The predicted octanol–water partition coefficient (Wildman–Crippen LogP) is 2.73. The van der Waals surface area contributed by atoms with E-state index in [2.05, 4.69) is 5.32 Å². The molecule has 0 saturated carbocycles. The van der Waals surface area contributed by atoms with Gasteiger partial charge in [-0.15, -0.1) is 0 Å². The van der Waals surface area contributed by atoms with Crippen LogP contribution in [0.2, 0.25) is 0 Å². The maximum Gasteiger partial charge on any atom is 0.242 e. The summed E-state index contributed by atoms with van der Waals surface area (Å²) < 4.78 is 10.7. The van der Waals surface area contributed by atoms with Crippen molar-refractivity contribution in [2.45, 2.75) is 25.3 Å². The minimum absolute atomic E-state index is 0.00938. The molecule has 0 aliphatic carbocycles. The lowest BCUT2D eigenvalue weighted by atomic mass is 10.0. The molecule has 2 amide bonds. The van der Waals surface area contributed by atoms with Crippen LogP contribution in [-0.2, 0) is 16.0 Å². The Bertz CT molecular complexity index is 823. The summed E-state index contributed by atoms with van der Waals surface area (Å²) in [5.41, 5.74) is 1.94. The molecule has 1 aliphatic heterocycles. The van der Waals surface area contributed by atoms with Crippen LogP contribution in [0.25, 0.3) is 0 Å².